The molecule has 0 spiro atoms. The van der Waals surface area contributed by atoms with E-state index in [4.69, 9.17) is 0 Å². The molecule has 1 aliphatic rings. The number of halogens is 2. The van der Waals surface area contributed by atoms with Crippen LogP contribution in [-0.4, -0.2) is 45.4 Å². The molecule has 1 atom stereocenters. The minimum Gasteiger partial charge on any atom is -0.348 e. The summed E-state index contributed by atoms with van der Waals surface area (Å²) in [6.07, 6.45) is 1.09. The van der Waals surface area contributed by atoms with Gasteiger partial charge in [-0.05, 0) is 12.1 Å². The fourth-order valence-electron chi connectivity index (χ4n) is 2.01. The predicted molar refractivity (Wildman–Crippen MR) is 74.1 cm³/mol. The Bertz CT molecular complexity index is 837. The molecule has 1 fully saturated rings. The van der Waals surface area contributed by atoms with Crippen molar-refractivity contribution in [2.75, 3.05) is 6.54 Å². The molecule has 24 heavy (non-hydrogen) atoms. The molecule has 9 nitrogen and oxygen atoms in total. The lowest BCUT2D eigenvalue weighted by Crippen LogP contribution is -2.41. The van der Waals surface area contributed by atoms with Crippen LogP contribution in [0.3, 0.4) is 0 Å². The Balaban J connectivity index is 1.67. The topological polar surface area (TPSA) is 118 Å². The van der Waals surface area contributed by atoms with E-state index in [1.165, 1.54) is 0 Å². The van der Waals surface area contributed by atoms with Crippen molar-refractivity contribution >= 4 is 17.8 Å². The highest BCUT2D eigenvalue weighted by molar-refractivity contribution is 6.04. The summed E-state index contributed by atoms with van der Waals surface area (Å²) in [5.41, 5.74) is -0.263. The van der Waals surface area contributed by atoms with E-state index in [2.05, 4.69) is 20.8 Å². The summed E-state index contributed by atoms with van der Waals surface area (Å²) in [5.74, 6) is -2.86. The zero-order valence-electron chi connectivity index (χ0n) is 11.9. The molecule has 1 unspecified atom stereocenters. The van der Waals surface area contributed by atoms with Gasteiger partial charge in [-0.3, -0.25) is 14.9 Å². The van der Waals surface area contributed by atoms with Gasteiger partial charge < -0.3 is 10.6 Å². The summed E-state index contributed by atoms with van der Waals surface area (Å²) in [4.78, 5) is 35.1. The van der Waals surface area contributed by atoms with Crippen molar-refractivity contribution in [1.29, 1.82) is 0 Å². The van der Waals surface area contributed by atoms with Crippen LogP contribution in [0.4, 0.5) is 13.6 Å². The number of hydrogen-bond acceptors (Lipinski definition) is 5. The first kappa shape index (κ1) is 15.5. The third kappa shape index (κ3) is 3.04. The van der Waals surface area contributed by atoms with Crippen LogP contribution in [0.25, 0.3) is 5.69 Å². The van der Waals surface area contributed by atoms with Gasteiger partial charge in [-0.1, -0.05) is 0 Å². The van der Waals surface area contributed by atoms with Crippen molar-refractivity contribution in [2.24, 2.45) is 0 Å². The molecule has 0 radical (unpaired) electrons. The van der Waals surface area contributed by atoms with Crippen LogP contribution in [0.15, 0.2) is 24.4 Å². The lowest BCUT2D eigenvalue weighted by Gasteiger charge is -2.07. The van der Waals surface area contributed by atoms with Gasteiger partial charge in [0.2, 0.25) is 0 Å². The maximum atomic E-state index is 13.7. The first-order valence-corrected chi connectivity index (χ1v) is 6.71. The van der Waals surface area contributed by atoms with Crippen LogP contribution >= 0.6 is 0 Å². The summed E-state index contributed by atoms with van der Waals surface area (Å²) < 4.78 is 26.5. The lowest BCUT2D eigenvalue weighted by atomic mass is 10.3. The number of carbonyl (C=O) groups is 3. The second-order valence-electron chi connectivity index (χ2n) is 4.84. The van der Waals surface area contributed by atoms with Crippen molar-refractivity contribution < 1.29 is 23.2 Å². The van der Waals surface area contributed by atoms with E-state index in [-0.39, 0.29) is 17.9 Å². The molecular formula is C13H10F2N6O3. The highest BCUT2D eigenvalue weighted by atomic mass is 19.1. The van der Waals surface area contributed by atoms with Crippen molar-refractivity contribution in [3.8, 4) is 5.69 Å². The van der Waals surface area contributed by atoms with Gasteiger partial charge in [-0.25, -0.2) is 13.6 Å². The van der Waals surface area contributed by atoms with E-state index in [9.17, 15) is 23.2 Å². The second kappa shape index (κ2) is 6.02. The molecular weight excluding hydrogens is 326 g/mol. The quantitative estimate of drug-likeness (QED) is 0.650. The number of rotatable bonds is 4. The van der Waals surface area contributed by atoms with Crippen LogP contribution in [0.1, 0.15) is 10.5 Å². The van der Waals surface area contributed by atoms with E-state index in [1.54, 1.807) is 0 Å². The molecule has 124 valence electrons. The van der Waals surface area contributed by atoms with E-state index < -0.39 is 35.5 Å². The van der Waals surface area contributed by atoms with Crippen molar-refractivity contribution in [3.05, 3.63) is 41.7 Å². The number of nitrogens with zero attached hydrogens (tertiary/aromatic N) is 3. The van der Waals surface area contributed by atoms with Crippen molar-refractivity contribution in [2.45, 2.75) is 6.04 Å². The maximum absolute atomic E-state index is 13.7. The zero-order chi connectivity index (χ0) is 17.3. The fraction of sp³-hybridized carbons (Fsp3) is 0.154. The number of nitrogens with one attached hydrogen (secondary N) is 3. The maximum Gasteiger partial charge on any atom is 0.322 e. The minimum atomic E-state index is -0.886. The highest BCUT2D eigenvalue weighted by Gasteiger charge is 2.29. The molecule has 11 heteroatoms. The van der Waals surface area contributed by atoms with Crippen molar-refractivity contribution in [1.82, 2.24) is 30.9 Å². The molecule has 3 N–H and O–H groups in total. The number of urea groups is 1. The second-order valence-corrected chi connectivity index (χ2v) is 4.84. The predicted octanol–water partition coefficient (Wildman–Crippen LogP) is -0.517. The molecule has 0 bridgehead atoms. The normalized spacial score (nSPS) is 16.7. The minimum absolute atomic E-state index is 0.127. The van der Waals surface area contributed by atoms with Gasteiger partial charge in [0.1, 0.15) is 17.5 Å². The number of hydrogen-bond donors (Lipinski definition) is 3. The molecule has 1 aliphatic heterocycles. The lowest BCUT2D eigenvalue weighted by molar-refractivity contribution is -0.120. The molecule has 1 saturated heterocycles. The molecule has 0 aliphatic carbocycles. The Morgan fingerprint density at radius 3 is 2.79 bits per heavy atom. The van der Waals surface area contributed by atoms with Gasteiger partial charge in [0.15, 0.2) is 11.5 Å². The van der Waals surface area contributed by atoms with E-state index in [1.807, 2.05) is 5.32 Å². The van der Waals surface area contributed by atoms with Gasteiger partial charge in [-0.15, -0.1) is 9.90 Å². The number of carbonyl (C=O) groups excluding carboxylic acids is 3. The van der Waals surface area contributed by atoms with Crippen LogP contribution in [0.2, 0.25) is 0 Å². The molecule has 0 saturated carbocycles. The van der Waals surface area contributed by atoms with Crippen LogP contribution in [-0.2, 0) is 4.79 Å². The Kier molecular flexibility index (Phi) is 3.90. The highest BCUT2D eigenvalue weighted by Crippen LogP contribution is 2.12. The first-order valence-electron chi connectivity index (χ1n) is 6.71. The number of benzene rings is 1. The third-order valence-corrected chi connectivity index (χ3v) is 3.17. The van der Waals surface area contributed by atoms with Gasteiger partial charge in [0.05, 0.1) is 6.20 Å². The zero-order valence-corrected chi connectivity index (χ0v) is 11.9. The van der Waals surface area contributed by atoms with Gasteiger partial charge in [-0.2, -0.15) is 5.10 Å². The first-order chi connectivity index (χ1) is 11.4. The molecule has 3 rings (SSSR count). The molecule has 2 aromatic rings. The molecule has 1 aromatic carbocycles. The van der Waals surface area contributed by atoms with Crippen LogP contribution < -0.4 is 16.0 Å². The van der Waals surface area contributed by atoms with E-state index in [0.29, 0.717) is 6.07 Å². The monoisotopic (exact) mass is 336 g/mol. The average molecular weight is 336 g/mol. The molecule has 2 heterocycles. The summed E-state index contributed by atoms with van der Waals surface area (Å²) in [7, 11) is 0. The Labute approximate surface area is 133 Å². The summed E-state index contributed by atoms with van der Waals surface area (Å²) in [6.45, 7) is -0.145. The average Bonchev–Trinajstić information content (AvgIpc) is 3.11. The van der Waals surface area contributed by atoms with Gasteiger partial charge >= 0.3 is 6.03 Å². The number of imide groups is 1. The van der Waals surface area contributed by atoms with Gasteiger partial charge in [0, 0.05) is 12.6 Å². The number of amides is 4. The Hall–Kier alpha value is -3.37. The summed E-state index contributed by atoms with van der Waals surface area (Å²) in [6, 6.07) is 1.30. The van der Waals surface area contributed by atoms with Crippen LogP contribution in [0, 0.1) is 11.6 Å². The smallest absolute Gasteiger partial charge is 0.322 e. The van der Waals surface area contributed by atoms with Crippen molar-refractivity contribution in [3.63, 3.8) is 0 Å². The largest absolute Gasteiger partial charge is 0.348 e. The van der Waals surface area contributed by atoms with Crippen LogP contribution in [0.5, 0.6) is 0 Å². The Morgan fingerprint density at radius 1 is 1.33 bits per heavy atom. The third-order valence-electron chi connectivity index (χ3n) is 3.17. The van der Waals surface area contributed by atoms with E-state index in [0.717, 1.165) is 23.1 Å². The fourth-order valence-corrected chi connectivity index (χ4v) is 2.01. The Morgan fingerprint density at radius 2 is 2.12 bits per heavy atom. The summed E-state index contributed by atoms with van der Waals surface area (Å²) in [5, 5.41) is 14.3. The number of aromatic nitrogens is 3. The van der Waals surface area contributed by atoms with E-state index >= 15 is 0 Å². The SMILES string of the molecule is O=C1NC(=O)C(CNC(=O)c2cnn(-c3ccc(F)cc3F)n2)N1. The molecule has 4 amide bonds. The standard InChI is InChI=1S/C13H10F2N6O3/c14-6-1-2-10(7(15)3-6)21-17-5-9(20-21)11(22)16-4-8-12(23)19-13(24)18-8/h1-3,5,8H,4H2,(H,16,22)(H2,18,19,23,24). The molecule has 1 aromatic heterocycles. The van der Waals surface area contributed by atoms with Gasteiger partial charge in [0.25, 0.3) is 11.8 Å². The summed E-state index contributed by atoms with van der Waals surface area (Å²) >= 11 is 0.